The van der Waals surface area contributed by atoms with Crippen LogP contribution in [0.2, 0.25) is 0 Å². The molecule has 6 heteroatoms. The van der Waals surface area contributed by atoms with Gasteiger partial charge in [-0.1, -0.05) is 103 Å². The third kappa shape index (κ3) is 4.57. The molecule has 0 atom stereocenters. The highest BCUT2D eigenvalue weighted by Crippen LogP contribution is 2.27. The summed E-state index contributed by atoms with van der Waals surface area (Å²) in [6.45, 7) is 0. The lowest BCUT2D eigenvalue weighted by molar-refractivity contribution is 0.426. The molecule has 0 aliphatic heterocycles. The van der Waals surface area contributed by atoms with E-state index in [9.17, 15) is 10.0 Å². The summed E-state index contributed by atoms with van der Waals surface area (Å²) < 4.78 is 0. The van der Waals surface area contributed by atoms with Crippen molar-refractivity contribution in [1.82, 2.24) is 15.0 Å². The van der Waals surface area contributed by atoms with Crippen molar-refractivity contribution in [2.45, 2.75) is 0 Å². The van der Waals surface area contributed by atoms with E-state index < -0.39 is 7.12 Å². The maximum atomic E-state index is 9.60. The molecule has 158 valence electrons. The summed E-state index contributed by atoms with van der Waals surface area (Å²) in [7, 11) is -1.57. The van der Waals surface area contributed by atoms with E-state index in [2.05, 4.69) is 24.3 Å². The summed E-state index contributed by atoms with van der Waals surface area (Å²) >= 11 is 0. The second-order valence-corrected chi connectivity index (χ2v) is 7.62. The Labute approximate surface area is 192 Å². The zero-order valence-corrected chi connectivity index (χ0v) is 17.7. The van der Waals surface area contributed by atoms with Crippen LogP contribution in [0, 0.1) is 0 Å². The highest BCUT2D eigenvalue weighted by atomic mass is 16.4. The molecule has 5 aromatic rings. The van der Waals surface area contributed by atoms with Crippen molar-refractivity contribution in [2.75, 3.05) is 0 Å². The molecule has 5 nitrogen and oxygen atoms in total. The third-order valence-corrected chi connectivity index (χ3v) is 5.34. The Morgan fingerprint density at radius 1 is 0.424 bits per heavy atom. The quantitative estimate of drug-likeness (QED) is 0.409. The van der Waals surface area contributed by atoms with Crippen LogP contribution < -0.4 is 5.46 Å². The van der Waals surface area contributed by atoms with Crippen molar-refractivity contribution in [2.24, 2.45) is 0 Å². The van der Waals surface area contributed by atoms with E-state index in [1.165, 1.54) is 0 Å². The van der Waals surface area contributed by atoms with Crippen LogP contribution in [0.5, 0.6) is 0 Å². The van der Waals surface area contributed by atoms with Crippen LogP contribution in [0.4, 0.5) is 0 Å². The van der Waals surface area contributed by atoms with Gasteiger partial charge in [0.15, 0.2) is 17.5 Å². The number of aromatic nitrogens is 3. The summed E-state index contributed by atoms with van der Waals surface area (Å²) in [6, 6.07) is 34.9. The van der Waals surface area contributed by atoms with Crippen LogP contribution in [-0.2, 0) is 0 Å². The van der Waals surface area contributed by atoms with E-state index in [-0.39, 0.29) is 0 Å². The normalized spacial score (nSPS) is 10.7. The lowest BCUT2D eigenvalue weighted by atomic mass is 9.79. The fraction of sp³-hybridized carbons (Fsp3) is 0. The van der Waals surface area contributed by atoms with Gasteiger partial charge >= 0.3 is 7.12 Å². The van der Waals surface area contributed by atoms with Gasteiger partial charge in [0.2, 0.25) is 0 Å². The van der Waals surface area contributed by atoms with Crippen molar-refractivity contribution in [3.05, 3.63) is 109 Å². The average Bonchev–Trinajstić information content (AvgIpc) is 2.89. The molecule has 0 unspecified atom stereocenters. The smallest absolute Gasteiger partial charge is 0.423 e. The standard InChI is InChI=1S/C27H20BN3O2/c32-28(33)24-16-8-15-23(18-24)27-30-25(20-11-5-2-6-12-20)29-26(31-27)22-14-7-13-21(17-22)19-9-3-1-4-10-19/h1-18,32-33H. The summed E-state index contributed by atoms with van der Waals surface area (Å²) in [5.41, 5.74) is 4.99. The maximum absolute atomic E-state index is 9.60. The van der Waals surface area contributed by atoms with Gasteiger partial charge in [0, 0.05) is 16.7 Å². The Bertz CT molecular complexity index is 1390. The number of benzene rings is 4. The monoisotopic (exact) mass is 429 g/mol. The third-order valence-electron chi connectivity index (χ3n) is 5.34. The summed E-state index contributed by atoms with van der Waals surface area (Å²) in [4.78, 5) is 14.2. The molecule has 0 saturated carbocycles. The molecule has 0 spiro atoms. The van der Waals surface area contributed by atoms with Gasteiger partial charge in [-0.25, -0.2) is 15.0 Å². The van der Waals surface area contributed by atoms with E-state index in [4.69, 9.17) is 15.0 Å². The van der Waals surface area contributed by atoms with E-state index >= 15 is 0 Å². The lowest BCUT2D eigenvalue weighted by Gasteiger charge is -2.10. The van der Waals surface area contributed by atoms with Gasteiger partial charge in [0.25, 0.3) is 0 Å². The van der Waals surface area contributed by atoms with E-state index in [0.29, 0.717) is 28.5 Å². The molecule has 2 N–H and O–H groups in total. The minimum Gasteiger partial charge on any atom is -0.423 e. The first-order valence-corrected chi connectivity index (χ1v) is 10.6. The number of rotatable bonds is 5. The van der Waals surface area contributed by atoms with Crippen molar-refractivity contribution >= 4 is 12.6 Å². The minimum atomic E-state index is -1.57. The summed E-state index contributed by atoms with van der Waals surface area (Å²) in [5.74, 6) is 1.56. The van der Waals surface area contributed by atoms with Crippen LogP contribution in [0.15, 0.2) is 109 Å². The molecular weight excluding hydrogens is 409 g/mol. The maximum Gasteiger partial charge on any atom is 0.488 e. The molecular formula is C27H20BN3O2. The molecule has 33 heavy (non-hydrogen) atoms. The Morgan fingerprint density at radius 2 is 0.879 bits per heavy atom. The first-order chi connectivity index (χ1) is 16.2. The Hall–Kier alpha value is -4.13. The SMILES string of the molecule is OB(O)c1cccc(-c2nc(-c3ccccc3)nc(-c3cccc(-c4ccccc4)c3)n2)c1. The Balaban J connectivity index is 1.67. The number of hydrogen-bond donors (Lipinski definition) is 2. The van der Waals surface area contributed by atoms with Crippen molar-refractivity contribution in [3.8, 4) is 45.3 Å². The van der Waals surface area contributed by atoms with E-state index in [1.807, 2.05) is 66.7 Å². The molecule has 0 radical (unpaired) electrons. The molecule has 0 saturated heterocycles. The first-order valence-electron chi connectivity index (χ1n) is 10.6. The highest BCUT2D eigenvalue weighted by Gasteiger charge is 2.15. The van der Waals surface area contributed by atoms with Crippen molar-refractivity contribution in [3.63, 3.8) is 0 Å². The predicted octanol–water partition coefficient (Wildman–Crippen LogP) is 4.22. The van der Waals surface area contributed by atoms with Crippen LogP contribution in [-0.4, -0.2) is 32.1 Å². The Morgan fingerprint density at radius 3 is 1.48 bits per heavy atom. The second kappa shape index (κ2) is 9.16. The van der Waals surface area contributed by atoms with Crippen LogP contribution in [0.25, 0.3) is 45.3 Å². The summed E-state index contributed by atoms with van der Waals surface area (Å²) in [6.07, 6.45) is 0. The van der Waals surface area contributed by atoms with Crippen molar-refractivity contribution < 1.29 is 10.0 Å². The molecule has 0 aliphatic rings. The van der Waals surface area contributed by atoms with Crippen molar-refractivity contribution in [1.29, 1.82) is 0 Å². The fourth-order valence-electron chi connectivity index (χ4n) is 3.66. The zero-order chi connectivity index (χ0) is 22.6. The Kier molecular flexibility index (Phi) is 5.76. The topological polar surface area (TPSA) is 79.1 Å². The molecule has 0 bridgehead atoms. The second-order valence-electron chi connectivity index (χ2n) is 7.62. The molecule has 0 aliphatic carbocycles. The molecule has 1 heterocycles. The largest absolute Gasteiger partial charge is 0.488 e. The van der Waals surface area contributed by atoms with Gasteiger partial charge in [-0.2, -0.15) is 0 Å². The van der Waals surface area contributed by atoms with Crippen LogP contribution in [0.3, 0.4) is 0 Å². The minimum absolute atomic E-state index is 0.377. The average molecular weight is 429 g/mol. The fourth-order valence-corrected chi connectivity index (χ4v) is 3.66. The van der Waals surface area contributed by atoms with Gasteiger partial charge < -0.3 is 10.0 Å². The van der Waals surface area contributed by atoms with Gasteiger partial charge in [-0.05, 0) is 22.7 Å². The summed E-state index contributed by atoms with van der Waals surface area (Å²) in [5, 5.41) is 19.2. The highest BCUT2D eigenvalue weighted by molar-refractivity contribution is 6.58. The molecule has 0 amide bonds. The van der Waals surface area contributed by atoms with E-state index in [1.54, 1.807) is 18.2 Å². The molecule has 4 aromatic carbocycles. The van der Waals surface area contributed by atoms with Gasteiger partial charge in [-0.15, -0.1) is 0 Å². The van der Waals surface area contributed by atoms with Crippen LogP contribution >= 0.6 is 0 Å². The first kappa shape index (κ1) is 20.8. The molecule has 1 aromatic heterocycles. The van der Waals surface area contributed by atoms with E-state index in [0.717, 1.165) is 22.3 Å². The zero-order valence-electron chi connectivity index (χ0n) is 17.7. The van der Waals surface area contributed by atoms with Gasteiger partial charge in [0.1, 0.15) is 0 Å². The van der Waals surface area contributed by atoms with Crippen LogP contribution in [0.1, 0.15) is 0 Å². The molecule has 0 fully saturated rings. The molecule has 5 rings (SSSR count). The predicted molar refractivity (Wildman–Crippen MR) is 131 cm³/mol. The van der Waals surface area contributed by atoms with Gasteiger partial charge in [-0.3, -0.25) is 0 Å². The number of nitrogens with zero attached hydrogens (tertiary/aromatic N) is 3. The number of hydrogen-bond acceptors (Lipinski definition) is 5. The van der Waals surface area contributed by atoms with Gasteiger partial charge in [0.05, 0.1) is 0 Å². The lowest BCUT2D eigenvalue weighted by Crippen LogP contribution is -2.29.